The first-order valence-corrected chi connectivity index (χ1v) is 23.4. The number of piperidine rings is 2. The molecule has 4 fully saturated rings. The summed E-state index contributed by atoms with van der Waals surface area (Å²) in [7, 11) is 0. The zero-order valence-corrected chi connectivity index (χ0v) is 37.6. The van der Waals surface area contributed by atoms with Gasteiger partial charge in [-0.3, -0.25) is 0 Å². The van der Waals surface area contributed by atoms with Crippen LogP contribution in [0.4, 0.5) is 38.0 Å². The predicted molar refractivity (Wildman–Crippen MR) is 233 cm³/mol. The lowest BCUT2D eigenvalue weighted by atomic mass is 9.82. The van der Waals surface area contributed by atoms with Crippen LogP contribution < -0.4 is 9.80 Å². The average Bonchev–Trinajstić information content (AvgIpc) is 4.06. The maximum absolute atomic E-state index is 14.5. The summed E-state index contributed by atoms with van der Waals surface area (Å²) in [6, 6.07) is 8.32. The number of halogens is 6. The number of rotatable bonds is 8. The molecule has 8 heterocycles. The topological polar surface area (TPSA) is 138 Å². The second-order valence-corrected chi connectivity index (χ2v) is 19.0. The smallest absolute Gasteiger partial charge is 0.194 e. The molecule has 2 aromatic carbocycles. The van der Waals surface area contributed by atoms with E-state index in [0.717, 1.165) is 99.9 Å². The highest BCUT2D eigenvalue weighted by Gasteiger charge is 2.45. The lowest BCUT2D eigenvalue weighted by Crippen LogP contribution is -2.43. The molecule has 0 N–H and O–H groups in total. The van der Waals surface area contributed by atoms with Crippen LogP contribution in [-0.4, -0.2) is 88.9 Å². The molecule has 4 bridgehead atoms. The van der Waals surface area contributed by atoms with Crippen molar-refractivity contribution < 1.29 is 35.8 Å². The Balaban J connectivity index is 0.000000149. The fourth-order valence-electron chi connectivity index (χ4n) is 11.7. The number of anilines is 2. The molecule has 14 nitrogen and oxygen atoms in total. The van der Waals surface area contributed by atoms with E-state index in [2.05, 4.69) is 39.9 Å². The number of hydrogen-bond acceptors (Lipinski definition) is 12. The van der Waals surface area contributed by atoms with Crippen LogP contribution in [0.25, 0.3) is 0 Å². The van der Waals surface area contributed by atoms with Crippen LogP contribution in [0.15, 0.2) is 49.1 Å². The Kier molecular flexibility index (Phi) is 11.9. The summed E-state index contributed by atoms with van der Waals surface area (Å²) in [6.45, 7) is 9.28. The Morgan fingerprint density at radius 1 is 0.529 bits per heavy atom. The van der Waals surface area contributed by atoms with Crippen LogP contribution in [0.2, 0.25) is 0 Å². The normalized spacial score (nSPS) is 26.1. The van der Waals surface area contributed by atoms with E-state index in [1.165, 1.54) is 12.1 Å². The van der Waals surface area contributed by atoms with Crippen molar-refractivity contribution in [1.29, 1.82) is 0 Å². The maximum atomic E-state index is 14.5. The van der Waals surface area contributed by atoms with Gasteiger partial charge < -0.3 is 19.3 Å². The van der Waals surface area contributed by atoms with E-state index in [1.54, 1.807) is 22.0 Å². The zero-order chi connectivity index (χ0) is 46.8. The molecule has 68 heavy (non-hydrogen) atoms. The first kappa shape index (κ1) is 44.5. The second kappa shape index (κ2) is 18.1. The monoisotopic (exact) mass is 940 g/mol. The standard InChI is InChI=1S/2C24H25F3N6O/c2*1-13-8-20(29-12-28-13)32-10-14-2-3-15(11-32)17(14)9-19-30-24-23(34-7-6-33(24)31-19)16-4-5-18(25)22(27)21(16)26/h2*4-5,8,12,14-15,17,23H,2-3,6-7,9-11H2,1H3/t2*14-,15+,17?,23-/m10/s1. The number of nitrogens with zero attached hydrogens (tertiary/aromatic N) is 12. The van der Waals surface area contributed by atoms with E-state index in [4.69, 9.17) is 19.4 Å². The summed E-state index contributed by atoms with van der Waals surface area (Å²) in [5.74, 6) is -0.711. The molecule has 2 aliphatic carbocycles. The summed E-state index contributed by atoms with van der Waals surface area (Å²) >= 11 is 0. The molecule has 6 aromatic rings. The van der Waals surface area contributed by atoms with Gasteiger partial charge in [-0.1, -0.05) is 0 Å². The first-order valence-electron chi connectivity index (χ1n) is 23.4. The van der Waals surface area contributed by atoms with Crippen LogP contribution in [0.5, 0.6) is 0 Å². The van der Waals surface area contributed by atoms with Crippen molar-refractivity contribution in [2.75, 3.05) is 49.2 Å². The van der Waals surface area contributed by atoms with Crippen molar-refractivity contribution >= 4 is 11.6 Å². The van der Waals surface area contributed by atoms with E-state index in [0.29, 0.717) is 85.1 Å². The van der Waals surface area contributed by atoms with Crippen LogP contribution in [0.1, 0.15) is 83.7 Å². The minimum Gasteiger partial charge on any atom is -0.363 e. The number of ether oxygens (including phenoxy) is 2. The lowest BCUT2D eigenvalue weighted by Gasteiger charge is -2.38. The van der Waals surface area contributed by atoms with Gasteiger partial charge in [-0.25, -0.2) is 65.6 Å². The number of aryl methyl sites for hydroxylation is 2. The van der Waals surface area contributed by atoms with E-state index < -0.39 is 47.1 Å². The third-order valence-corrected chi connectivity index (χ3v) is 14.9. The average molecular weight is 941 g/mol. The molecule has 0 radical (unpaired) electrons. The Morgan fingerprint density at radius 2 is 0.926 bits per heavy atom. The van der Waals surface area contributed by atoms with Crippen LogP contribution in [0.3, 0.4) is 0 Å². The van der Waals surface area contributed by atoms with Crippen molar-refractivity contribution in [3.63, 3.8) is 0 Å². The molecule has 2 unspecified atom stereocenters. The van der Waals surface area contributed by atoms with E-state index >= 15 is 0 Å². The second-order valence-electron chi connectivity index (χ2n) is 19.0. The summed E-state index contributed by atoms with van der Waals surface area (Å²) in [5.41, 5.74) is 1.79. The molecule has 4 aliphatic heterocycles. The molecule has 8 atom stereocenters. The van der Waals surface area contributed by atoms with Gasteiger partial charge >= 0.3 is 0 Å². The SMILES string of the molecule is Cc1cc(N2C[C@H]3CC[C@@H](C2)C3Cc2nc3n(n2)CCO[C@@H]3c2ccc(F)c(F)c2F)ncn1.Cc1cc(N2C[C@H]3CC[C@@H](C2)C3Cc2nc3n(n2)CCO[C@H]3c2ccc(F)c(F)c2F)ncn1. The van der Waals surface area contributed by atoms with Gasteiger partial charge in [0.25, 0.3) is 0 Å². The molecule has 356 valence electrons. The number of benzene rings is 2. The van der Waals surface area contributed by atoms with Crippen molar-refractivity contribution in [2.45, 2.75) is 77.7 Å². The fourth-order valence-corrected chi connectivity index (χ4v) is 11.7. The van der Waals surface area contributed by atoms with Gasteiger partial charge in [0.15, 0.2) is 58.2 Å². The summed E-state index contributed by atoms with van der Waals surface area (Å²) in [4.78, 5) is 31.4. The van der Waals surface area contributed by atoms with Crippen LogP contribution in [0, 0.1) is 84.3 Å². The third-order valence-electron chi connectivity index (χ3n) is 14.9. The Hall–Kier alpha value is -6.02. The van der Waals surface area contributed by atoms with Gasteiger partial charge in [-0.05, 0) is 99.3 Å². The van der Waals surface area contributed by atoms with Gasteiger partial charge in [0.05, 0.1) is 26.3 Å². The highest BCUT2D eigenvalue weighted by Crippen LogP contribution is 2.46. The lowest BCUT2D eigenvalue weighted by molar-refractivity contribution is 0.0363. The molecule has 6 aliphatic rings. The molecule has 20 heteroatoms. The third kappa shape index (κ3) is 8.36. The van der Waals surface area contributed by atoms with Crippen molar-refractivity contribution in [1.82, 2.24) is 49.5 Å². The van der Waals surface area contributed by atoms with E-state index in [9.17, 15) is 26.3 Å². The Labute approximate surface area is 388 Å². The first-order chi connectivity index (χ1) is 32.9. The summed E-state index contributed by atoms with van der Waals surface area (Å²) in [6.07, 6.45) is 7.53. The number of fused-ring (bicyclic) bond motifs is 6. The van der Waals surface area contributed by atoms with Crippen molar-refractivity contribution in [3.05, 3.63) is 130 Å². The zero-order valence-electron chi connectivity index (χ0n) is 37.6. The van der Waals surface area contributed by atoms with Crippen molar-refractivity contribution in [2.24, 2.45) is 35.5 Å². The Morgan fingerprint density at radius 3 is 1.31 bits per heavy atom. The van der Waals surface area contributed by atoms with Gasteiger partial charge in [0, 0.05) is 73.7 Å². The molecule has 0 spiro atoms. The van der Waals surface area contributed by atoms with E-state index in [1.807, 2.05) is 26.0 Å². The van der Waals surface area contributed by atoms with E-state index in [-0.39, 0.29) is 11.1 Å². The molecule has 0 amide bonds. The largest absolute Gasteiger partial charge is 0.363 e. The van der Waals surface area contributed by atoms with Gasteiger partial charge in [0.1, 0.15) is 36.5 Å². The van der Waals surface area contributed by atoms with Crippen molar-refractivity contribution in [3.8, 4) is 0 Å². The highest BCUT2D eigenvalue weighted by atomic mass is 19.2. The highest BCUT2D eigenvalue weighted by molar-refractivity contribution is 5.41. The predicted octanol–water partition coefficient (Wildman–Crippen LogP) is 7.24. The van der Waals surface area contributed by atoms with Crippen LogP contribution in [-0.2, 0) is 35.4 Å². The molecule has 4 aromatic heterocycles. The molecular weight excluding hydrogens is 891 g/mol. The van der Waals surface area contributed by atoms with Gasteiger partial charge in [-0.15, -0.1) is 0 Å². The number of hydrogen-bond donors (Lipinski definition) is 0. The quantitative estimate of drug-likeness (QED) is 0.112. The summed E-state index contributed by atoms with van der Waals surface area (Å²) in [5, 5.41) is 9.35. The Bertz CT molecular complexity index is 2630. The number of aromatic nitrogens is 10. The molecule has 2 saturated heterocycles. The molecule has 2 saturated carbocycles. The maximum Gasteiger partial charge on any atom is 0.194 e. The molecular formula is C48H50F6N12O2. The fraction of sp³-hybridized carbons (Fsp3) is 0.500. The minimum atomic E-state index is -1.50. The van der Waals surface area contributed by atoms with Gasteiger partial charge in [0.2, 0.25) is 0 Å². The summed E-state index contributed by atoms with van der Waals surface area (Å²) < 4.78 is 98.3. The minimum absolute atomic E-state index is 0.0627. The molecule has 12 rings (SSSR count). The van der Waals surface area contributed by atoms with Crippen LogP contribution >= 0.6 is 0 Å². The van der Waals surface area contributed by atoms with Gasteiger partial charge in [-0.2, -0.15) is 10.2 Å².